The Morgan fingerprint density at radius 2 is 1.95 bits per heavy atom. The lowest BCUT2D eigenvalue weighted by Gasteiger charge is -2.34. The Hall–Kier alpha value is -1.06. The molecule has 0 aromatic heterocycles. The fourth-order valence-electron chi connectivity index (χ4n) is 3.21. The van der Waals surface area contributed by atoms with Crippen LogP contribution in [0.25, 0.3) is 0 Å². The lowest BCUT2D eigenvalue weighted by atomic mass is 9.94. The molecule has 1 aliphatic carbocycles. The van der Waals surface area contributed by atoms with Crippen molar-refractivity contribution in [3.8, 4) is 5.75 Å². The Bertz CT molecular complexity index is 415. The highest BCUT2D eigenvalue weighted by atomic mass is 16.5. The van der Waals surface area contributed by atoms with Gasteiger partial charge in [0.05, 0.1) is 0 Å². The number of aliphatic hydroxyl groups excluding tert-OH is 1. The van der Waals surface area contributed by atoms with Gasteiger partial charge in [-0.3, -0.25) is 4.90 Å². The molecule has 2 rings (SSSR count). The molecule has 0 aliphatic heterocycles. The van der Waals surface area contributed by atoms with Gasteiger partial charge in [-0.25, -0.2) is 0 Å². The minimum Gasteiger partial charge on any atom is -0.491 e. The Morgan fingerprint density at radius 1 is 1.24 bits per heavy atom. The largest absolute Gasteiger partial charge is 0.491 e. The van der Waals surface area contributed by atoms with Crippen molar-refractivity contribution in [3.63, 3.8) is 0 Å². The van der Waals surface area contributed by atoms with Crippen molar-refractivity contribution in [2.75, 3.05) is 19.7 Å². The Morgan fingerprint density at radius 3 is 2.62 bits per heavy atom. The highest BCUT2D eigenvalue weighted by Crippen LogP contribution is 2.23. The molecule has 0 spiro atoms. The molecule has 21 heavy (non-hydrogen) atoms. The molecule has 3 nitrogen and oxygen atoms in total. The van der Waals surface area contributed by atoms with Crippen molar-refractivity contribution in [1.29, 1.82) is 0 Å². The van der Waals surface area contributed by atoms with Crippen LogP contribution in [-0.4, -0.2) is 41.8 Å². The van der Waals surface area contributed by atoms with Gasteiger partial charge in [0, 0.05) is 12.6 Å². The summed E-state index contributed by atoms with van der Waals surface area (Å²) in [6, 6.07) is 8.61. The second-order valence-corrected chi connectivity index (χ2v) is 6.11. The van der Waals surface area contributed by atoms with Crippen molar-refractivity contribution in [1.82, 2.24) is 4.90 Å². The van der Waals surface area contributed by atoms with Gasteiger partial charge >= 0.3 is 0 Å². The Balaban J connectivity index is 1.79. The van der Waals surface area contributed by atoms with Crippen molar-refractivity contribution in [2.24, 2.45) is 0 Å². The van der Waals surface area contributed by atoms with Crippen LogP contribution in [0.15, 0.2) is 24.3 Å². The molecule has 0 heterocycles. The van der Waals surface area contributed by atoms with Crippen LogP contribution in [0.4, 0.5) is 0 Å². The molecule has 118 valence electrons. The quantitative estimate of drug-likeness (QED) is 0.836. The van der Waals surface area contributed by atoms with Crippen molar-refractivity contribution < 1.29 is 9.84 Å². The van der Waals surface area contributed by atoms with Crippen LogP contribution in [0.2, 0.25) is 0 Å². The summed E-state index contributed by atoms with van der Waals surface area (Å²) in [4.78, 5) is 2.42. The summed E-state index contributed by atoms with van der Waals surface area (Å²) in [6.45, 7) is 6.30. The Kier molecular flexibility index (Phi) is 6.52. The summed E-state index contributed by atoms with van der Waals surface area (Å²) >= 11 is 0. The van der Waals surface area contributed by atoms with Crippen LogP contribution in [-0.2, 0) is 0 Å². The third-order valence-electron chi connectivity index (χ3n) is 4.47. The first-order valence-corrected chi connectivity index (χ1v) is 8.31. The van der Waals surface area contributed by atoms with E-state index >= 15 is 0 Å². The van der Waals surface area contributed by atoms with E-state index in [-0.39, 0.29) is 0 Å². The van der Waals surface area contributed by atoms with E-state index in [1.54, 1.807) is 0 Å². The van der Waals surface area contributed by atoms with Crippen LogP contribution in [0.3, 0.4) is 0 Å². The minimum absolute atomic E-state index is 0.369. The number of benzene rings is 1. The minimum atomic E-state index is -0.425. The van der Waals surface area contributed by atoms with Crippen LogP contribution < -0.4 is 4.74 Å². The first-order chi connectivity index (χ1) is 10.2. The highest BCUT2D eigenvalue weighted by Gasteiger charge is 2.22. The van der Waals surface area contributed by atoms with Gasteiger partial charge in [0.2, 0.25) is 0 Å². The third kappa shape index (κ3) is 5.01. The average molecular weight is 291 g/mol. The number of hydrogen-bond donors (Lipinski definition) is 1. The molecule has 0 radical (unpaired) electrons. The molecule has 1 aliphatic rings. The van der Waals surface area contributed by atoms with Crippen LogP contribution >= 0.6 is 0 Å². The molecule has 1 atom stereocenters. The zero-order chi connectivity index (χ0) is 15.1. The Labute approximate surface area is 128 Å². The van der Waals surface area contributed by atoms with E-state index < -0.39 is 6.10 Å². The smallest absolute Gasteiger partial charge is 0.122 e. The molecule has 1 saturated carbocycles. The summed E-state index contributed by atoms with van der Waals surface area (Å²) in [5, 5.41) is 10.3. The molecule has 0 bridgehead atoms. The van der Waals surface area contributed by atoms with E-state index in [1.165, 1.54) is 32.1 Å². The van der Waals surface area contributed by atoms with Gasteiger partial charge in [0.1, 0.15) is 18.5 Å². The number of hydrogen-bond acceptors (Lipinski definition) is 3. The molecule has 0 unspecified atom stereocenters. The second-order valence-electron chi connectivity index (χ2n) is 6.11. The second kappa shape index (κ2) is 8.40. The maximum atomic E-state index is 10.3. The number of para-hydroxylation sites is 1. The summed E-state index contributed by atoms with van der Waals surface area (Å²) in [6.07, 6.45) is 6.16. The fraction of sp³-hybridized carbons (Fsp3) is 0.667. The van der Waals surface area contributed by atoms with Crippen LogP contribution in [0.1, 0.15) is 44.6 Å². The van der Waals surface area contributed by atoms with E-state index in [2.05, 4.69) is 11.8 Å². The zero-order valence-electron chi connectivity index (χ0n) is 13.4. The molecule has 1 aromatic rings. The molecule has 1 N–H and O–H groups in total. The number of rotatable bonds is 7. The zero-order valence-corrected chi connectivity index (χ0v) is 13.4. The topological polar surface area (TPSA) is 32.7 Å². The lowest BCUT2D eigenvalue weighted by molar-refractivity contribution is 0.0462. The van der Waals surface area contributed by atoms with Gasteiger partial charge in [-0.2, -0.15) is 0 Å². The van der Waals surface area contributed by atoms with E-state index in [1.807, 2.05) is 31.2 Å². The molecule has 3 heteroatoms. The summed E-state index contributed by atoms with van der Waals surface area (Å²) < 4.78 is 5.75. The normalized spacial score (nSPS) is 17.9. The first kappa shape index (κ1) is 16.3. The maximum Gasteiger partial charge on any atom is 0.122 e. The third-order valence-corrected chi connectivity index (χ3v) is 4.47. The monoisotopic (exact) mass is 291 g/mol. The van der Waals surface area contributed by atoms with Gasteiger partial charge < -0.3 is 9.84 Å². The lowest BCUT2D eigenvalue weighted by Crippen LogP contribution is -2.43. The van der Waals surface area contributed by atoms with E-state index in [0.717, 1.165) is 17.9 Å². The van der Waals surface area contributed by atoms with Gasteiger partial charge in [0.25, 0.3) is 0 Å². The van der Waals surface area contributed by atoms with Crippen LogP contribution in [0.5, 0.6) is 5.75 Å². The molecular weight excluding hydrogens is 262 g/mol. The van der Waals surface area contributed by atoms with E-state index in [0.29, 0.717) is 19.2 Å². The van der Waals surface area contributed by atoms with Gasteiger partial charge in [-0.05, 0) is 37.9 Å². The standard InChI is InChI=1S/C18H29NO2/c1-3-19(16-10-5-4-6-11-16)13-17(20)14-21-18-12-8-7-9-15(18)2/h7-9,12,16-17,20H,3-6,10-11,13-14H2,1-2H3/t17-/m1/s1. The van der Waals surface area contributed by atoms with Gasteiger partial charge in [-0.1, -0.05) is 44.4 Å². The number of aryl methyl sites for hydroxylation is 1. The number of aliphatic hydroxyl groups is 1. The molecule has 1 aromatic carbocycles. The summed E-state index contributed by atoms with van der Waals surface area (Å²) in [5.41, 5.74) is 1.12. The molecule has 0 saturated heterocycles. The molecule has 0 amide bonds. The molecular formula is C18H29NO2. The van der Waals surface area contributed by atoms with Crippen molar-refractivity contribution in [3.05, 3.63) is 29.8 Å². The number of nitrogens with zero attached hydrogens (tertiary/aromatic N) is 1. The summed E-state index contributed by atoms with van der Waals surface area (Å²) in [7, 11) is 0. The first-order valence-electron chi connectivity index (χ1n) is 8.31. The number of likely N-dealkylation sites (N-methyl/N-ethyl adjacent to an activating group) is 1. The highest BCUT2D eigenvalue weighted by molar-refractivity contribution is 5.31. The predicted molar refractivity (Wildman–Crippen MR) is 86.8 cm³/mol. The van der Waals surface area contributed by atoms with Crippen molar-refractivity contribution >= 4 is 0 Å². The number of ether oxygens (including phenoxy) is 1. The predicted octanol–water partition coefficient (Wildman–Crippen LogP) is 3.39. The van der Waals surface area contributed by atoms with Gasteiger partial charge in [-0.15, -0.1) is 0 Å². The van der Waals surface area contributed by atoms with E-state index in [4.69, 9.17) is 4.74 Å². The van der Waals surface area contributed by atoms with Crippen molar-refractivity contribution in [2.45, 2.75) is 58.1 Å². The van der Waals surface area contributed by atoms with Crippen LogP contribution in [0, 0.1) is 6.92 Å². The SMILES string of the molecule is CCN(C[C@@H](O)COc1ccccc1C)C1CCCCC1. The van der Waals surface area contributed by atoms with Gasteiger partial charge in [0.15, 0.2) is 0 Å². The fourth-order valence-corrected chi connectivity index (χ4v) is 3.21. The summed E-state index contributed by atoms with van der Waals surface area (Å²) in [5.74, 6) is 0.872. The maximum absolute atomic E-state index is 10.3. The molecule has 1 fully saturated rings. The van der Waals surface area contributed by atoms with E-state index in [9.17, 15) is 5.11 Å². The average Bonchev–Trinajstić information content (AvgIpc) is 2.52.